The van der Waals surface area contributed by atoms with E-state index in [0.717, 1.165) is 15.4 Å². The number of anilines is 2. The van der Waals surface area contributed by atoms with E-state index in [2.05, 4.69) is 10.6 Å². The van der Waals surface area contributed by atoms with Gasteiger partial charge in [-0.1, -0.05) is 78.4 Å². The monoisotopic (exact) mass is 619 g/mol. The van der Waals surface area contributed by atoms with Gasteiger partial charge in [-0.3, -0.25) is 13.9 Å². The van der Waals surface area contributed by atoms with Gasteiger partial charge in [0.1, 0.15) is 18.0 Å². The highest BCUT2D eigenvalue weighted by Gasteiger charge is 2.28. The highest BCUT2D eigenvalue weighted by atomic mass is 32.2. The Kier molecular flexibility index (Phi) is 9.60. The molecule has 9 heteroatoms. The molecule has 0 spiro atoms. The van der Waals surface area contributed by atoms with Crippen molar-refractivity contribution in [1.82, 2.24) is 5.32 Å². The zero-order valence-corrected chi connectivity index (χ0v) is 25.7. The molecule has 0 saturated carbocycles. The molecule has 5 aromatic carbocycles. The van der Waals surface area contributed by atoms with Crippen LogP contribution in [-0.4, -0.2) is 26.8 Å². The topological polar surface area (TPSA) is 105 Å². The number of carbonyl (C=O) groups excluding carboxylic acids is 2. The van der Waals surface area contributed by atoms with E-state index in [1.807, 2.05) is 74.5 Å². The number of hydrogen-bond acceptors (Lipinski definition) is 5. The molecule has 0 aliphatic heterocycles. The van der Waals surface area contributed by atoms with Crippen LogP contribution in [0.25, 0.3) is 0 Å². The number of sulfonamides is 1. The van der Waals surface area contributed by atoms with Gasteiger partial charge in [0.15, 0.2) is 0 Å². The van der Waals surface area contributed by atoms with E-state index in [0.29, 0.717) is 11.5 Å². The summed E-state index contributed by atoms with van der Waals surface area (Å²) >= 11 is 0. The zero-order valence-electron chi connectivity index (χ0n) is 24.9. The Morgan fingerprint density at radius 1 is 0.733 bits per heavy atom. The average molecular weight is 620 g/mol. The molecule has 45 heavy (non-hydrogen) atoms. The fourth-order valence-corrected chi connectivity index (χ4v) is 6.09. The molecule has 0 aliphatic carbocycles. The molecular weight excluding hydrogens is 586 g/mol. The first kappa shape index (κ1) is 31.0. The van der Waals surface area contributed by atoms with Crippen LogP contribution in [0, 0.1) is 6.92 Å². The lowest BCUT2D eigenvalue weighted by atomic mass is 10.1. The quantitative estimate of drug-likeness (QED) is 0.164. The molecular formula is C36H33N3O5S. The zero-order chi connectivity index (χ0) is 31.8. The van der Waals surface area contributed by atoms with Crippen LogP contribution in [0.5, 0.6) is 11.5 Å². The van der Waals surface area contributed by atoms with Gasteiger partial charge in [0, 0.05) is 0 Å². The van der Waals surface area contributed by atoms with E-state index in [1.54, 1.807) is 60.7 Å². The van der Waals surface area contributed by atoms with Crippen LogP contribution in [-0.2, 0) is 14.8 Å². The van der Waals surface area contributed by atoms with Crippen LogP contribution in [0.15, 0.2) is 138 Å². The first-order chi connectivity index (χ1) is 21.7. The SMILES string of the molecule is Cc1ccc(S(=O)(=O)N(CC(=O)Nc2ccccc2C(=O)N[C@@H](C)c2ccccc2)c2ccc(Oc3ccccc3)cc2)cc1. The number of amides is 2. The Hall–Kier alpha value is -5.41. The van der Waals surface area contributed by atoms with Gasteiger partial charge in [0.2, 0.25) is 5.91 Å². The van der Waals surface area contributed by atoms with E-state index >= 15 is 0 Å². The smallest absolute Gasteiger partial charge is 0.264 e. The van der Waals surface area contributed by atoms with Crippen LogP contribution in [0.3, 0.4) is 0 Å². The molecule has 5 rings (SSSR count). The maximum absolute atomic E-state index is 13.9. The van der Waals surface area contributed by atoms with Crippen molar-refractivity contribution in [3.05, 3.63) is 150 Å². The molecule has 0 aromatic heterocycles. The minimum Gasteiger partial charge on any atom is -0.457 e. The van der Waals surface area contributed by atoms with Crippen LogP contribution >= 0.6 is 0 Å². The standard InChI is InChI=1S/C36H33N3O5S/c1-26-17-23-32(24-18-26)45(42,43)39(29-19-21-31(22-20-29)44-30-13-7-4-8-14-30)25-35(40)38-34-16-10-9-15-33(34)36(41)37-27(2)28-11-5-3-6-12-28/h3-24,27H,25H2,1-2H3,(H,37,41)(H,38,40)/t27-/m0/s1. The Morgan fingerprint density at radius 2 is 1.31 bits per heavy atom. The number of rotatable bonds is 11. The molecule has 2 amide bonds. The number of hydrogen-bond donors (Lipinski definition) is 2. The van der Waals surface area contributed by atoms with Crippen molar-refractivity contribution in [3.8, 4) is 11.5 Å². The molecule has 5 aromatic rings. The third kappa shape index (κ3) is 7.76. The highest BCUT2D eigenvalue weighted by Crippen LogP contribution is 2.28. The maximum Gasteiger partial charge on any atom is 0.264 e. The molecule has 0 aliphatic rings. The number of ether oxygens (including phenoxy) is 1. The Bertz CT molecular complexity index is 1860. The predicted octanol–water partition coefficient (Wildman–Crippen LogP) is 7.11. The molecule has 8 nitrogen and oxygen atoms in total. The minimum absolute atomic E-state index is 0.0418. The summed E-state index contributed by atoms with van der Waals surface area (Å²) in [5.74, 6) is 0.147. The van der Waals surface area contributed by atoms with Crippen LogP contribution < -0.4 is 19.7 Å². The van der Waals surface area contributed by atoms with Gasteiger partial charge < -0.3 is 15.4 Å². The molecule has 0 fully saturated rings. The van der Waals surface area contributed by atoms with Crippen molar-refractivity contribution in [2.75, 3.05) is 16.2 Å². The fourth-order valence-electron chi connectivity index (χ4n) is 4.67. The molecule has 0 unspecified atom stereocenters. The molecule has 0 saturated heterocycles. The number of para-hydroxylation sites is 2. The lowest BCUT2D eigenvalue weighted by Crippen LogP contribution is -2.38. The summed E-state index contributed by atoms with van der Waals surface area (Å²) in [5, 5.41) is 5.71. The summed E-state index contributed by atoms with van der Waals surface area (Å²) < 4.78 is 34.7. The normalized spacial score (nSPS) is 11.7. The second-order valence-electron chi connectivity index (χ2n) is 10.4. The minimum atomic E-state index is -4.15. The van der Waals surface area contributed by atoms with Crippen molar-refractivity contribution in [2.24, 2.45) is 0 Å². The van der Waals surface area contributed by atoms with Crippen molar-refractivity contribution in [1.29, 1.82) is 0 Å². The van der Waals surface area contributed by atoms with Crippen molar-refractivity contribution < 1.29 is 22.7 Å². The Labute approximate surface area is 263 Å². The summed E-state index contributed by atoms with van der Waals surface area (Å²) in [6, 6.07) is 38.0. The van der Waals surface area contributed by atoms with Crippen molar-refractivity contribution >= 4 is 33.2 Å². The lowest BCUT2D eigenvalue weighted by Gasteiger charge is -2.25. The largest absolute Gasteiger partial charge is 0.457 e. The number of nitrogens with one attached hydrogen (secondary N) is 2. The van der Waals surface area contributed by atoms with Gasteiger partial charge in [-0.05, 0) is 80.1 Å². The summed E-state index contributed by atoms with van der Waals surface area (Å²) in [6.45, 7) is 3.20. The average Bonchev–Trinajstić information content (AvgIpc) is 3.05. The van der Waals surface area contributed by atoms with Gasteiger partial charge in [-0.15, -0.1) is 0 Å². The first-order valence-corrected chi connectivity index (χ1v) is 15.8. The van der Waals surface area contributed by atoms with Gasteiger partial charge in [-0.2, -0.15) is 0 Å². The molecule has 0 bridgehead atoms. The second kappa shape index (κ2) is 13.9. The van der Waals surface area contributed by atoms with Crippen LogP contribution in [0.1, 0.15) is 34.5 Å². The molecule has 0 radical (unpaired) electrons. The number of aryl methyl sites for hydroxylation is 1. The number of benzene rings is 5. The first-order valence-electron chi connectivity index (χ1n) is 14.4. The van der Waals surface area contributed by atoms with E-state index < -0.39 is 22.5 Å². The Morgan fingerprint density at radius 3 is 1.98 bits per heavy atom. The van der Waals surface area contributed by atoms with E-state index in [9.17, 15) is 18.0 Å². The summed E-state index contributed by atoms with van der Waals surface area (Å²) in [5.41, 5.74) is 2.62. The summed E-state index contributed by atoms with van der Waals surface area (Å²) in [6.07, 6.45) is 0. The molecule has 0 heterocycles. The fraction of sp³-hybridized carbons (Fsp3) is 0.111. The van der Waals surface area contributed by atoms with Gasteiger partial charge in [0.25, 0.3) is 15.9 Å². The highest BCUT2D eigenvalue weighted by molar-refractivity contribution is 7.92. The van der Waals surface area contributed by atoms with E-state index in [-0.39, 0.29) is 33.8 Å². The van der Waals surface area contributed by atoms with E-state index in [1.165, 1.54) is 12.1 Å². The summed E-state index contributed by atoms with van der Waals surface area (Å²) in [4.78, 5) is 26.8. The van der Waals surface area contributed by atoms with Gasteiger partial charge >= 0.3 is 0 Å². The number of nitrogens with zero attached hydrogens (tertiary/aromatic N) is 1. The summed E-state index contributed by atoms with van der Waals surface area (Å²) in [7, 11) is -4.15. The van der Waals surface area contributed by atoms with Crippen LogP contribution in [0.2, 0.25) is 0 Å². The second-order valence-corrected chi connectivity index (χ2v) is 12.3. The molecule has 2 N–H and O–H groups in total. The molecule has 1 atom stereocenters. The van der Waals surface area contributed by atoms with Gasteiger partial charge in [-0.25, -0.2) is 8.42 Å². The van der Waals surface area contributed by atoms with Gasteiger partial charge in [0.05, 0.1) is 27.9 Å². The Balaban J connectivity index is 1.38. The van der Waals surface area contributed by atoms with Crippen molar-refractivity contribution in [2.45, 2.75) is 24.8 Å². The molecule has 228 valence electrons. The maximum atomic E-state index is 13.9. The van der Waals surface area contributed by atoms with Crippen LogP contribution in [0.4, 0.5) is 11.4 Å². The number of carbonyl (C=O) groups is 2. The predicted molar refractivity (Wildman–Crippen MR) is 176 cm³/mol. The third-order valence-corrected chi connectivity index (χ3v) is 8.88. The van der Waals surface area contributed by atoms with Crippen molar-refractivity contribution in [3.63, 3.8) is 0 Å². The lowest BCUT2D eigenvalue weighted by molar-refractivity contribution is -0.114. The van der Waals surface area contributed by atoms with E-state index in [4.69, 9.17) is 4.74 Å². The third-order valence-electron chi connectivity index (χ3n) is 7.09.